The molecule has 1 saturated heterocycles. The maximum absolute atomic E-state index is 13.0. The highest BCUT2D eigenvalue weighted by Crippen LogP contribution is 2.32. The van der Waals surface area contributed by atoms with Crippen LogP contribution in [0.3, 0.4) is 0 Å². The Kier molecular flexibility index (Phi) is 7.77. The highest BCUT2D eigenvalue weighted by molar-refractivity contribution is 7.89. The number of halogens is 1. The number of ether oxygens (including phenoxy) is 2. The van der Waals surface area contributed by atoms with Crippen LogP contribution in [0.2, 0.25) is 5.02 Å². The number of benzene rings is 2. The quantitative estimate of drug-likeness (QED) is 0.619. The van der Waals surface area contributed by atoms with Gasteiger partial charge in [-0.3, -0.25) is 4.79 Å². The van der Waals surface area contributed by atoms with Gasteiger partial charge in [-0.25, -0.2) is 8.42 Å². The van der Waals surface area contributed by atoms with Gasteiger partial charge in [-0.15, -0.1) is 0 Å². The number of hydrogen-bond donors (Lipinski definition) is 2. The van der Waals surface area contributed by atoms with Gasteiger partial charge < -0.3 is 20.1 Å². The lowest BCUT2D eigenvalue weighted by atomic mass is 10.2. The summed E-state index contributed by atoms with van der Waals surface area (Å²) in [7, 11) is -3.67. The van der Waals surface area contributed by atoms with E-state index in [-0.39, 0.29) is 17.3 Å². The summed E-state index contributed by atoms with van der Waals surface area (Å²) < 4.78 is 38.2. The molecule has 0 aliphatic carbocycles. The van der Waals surface area contributed by atoms with E-state index in [0.717, 1.165) is 0 Å². The minimum atomic E-state index is -3.67. The van der Waals surface area contributed by atoms with Gasteiger partial charge in [0.05, 0.1) is 42.0 Å². The summed E-state index contributed by atoms with van der Waals surface area (Å²) in [6, 6.07) is 10.1. The molecule has 2 aromatic rings. The zero-order chi connectivity index (χ0) is 22.4. The summed E-state index contributed by atoms with van der Waals surface area (Å²) in [5.41, 5.74) is 1.62. The fourth-order valence-corrected chi connectivity index (χ4v) is 5.09. The van der Waals surface area contributed by atoms with Gasteiger partial charge in [0.2, 0.25) is 15.9 Å². The van der Waals surface area contributed by atoms with Crippen LogP contribution in [0.5, 0.6) is 5.75 Å². The first kappa shape index (κ1) is 23.3. The van der Waals surface area contributed by atoms with E-state index in [1.165, 1.54) is 10.4 Å². The number of anilines is 2. The molecule has 31 heavy (non-hydrogen) atoms. The molecule has 1 fully saturated rings. The average Bonchev–Trinajstić information content (AvgIpc) is 2.76. The molecule has 0 atom stereocenters. The number of para-hydroxylation sites is 1. The van der Waals surface area contributed by atoms with Gasteiger partial charge in [0.15, 0.2) is 5.75 Å². The van der Waals surface area contributed by atoms with Crippen molar-refractivity contribution >= 4 is 38.9 Å². The van der Waals surface area contributed by atoms with Gasteiger partial charge in [0.1, 0.15) is 0 Å². The van der Waals surface area contributed by atoms with Crippen molar-refractivity contribution in [2.24, 2.45) is 0 Å². The number of hydrogen-bond acceptors (Lipinski definition) is 6. The summed E-state index contributed by atoms with van der Waals surface area (Å²) in [5.74, 6) is 0.148. The van der Waals surface area contributed by atoms with E-state index in [2.05, 4.69) is 10.6 Å². The van der Waals surface area contributed by atoms with Gasteiger partial charge in [-0.2, -0.15) is 4.31 Å². The molecule has 2 aromatic carbocycles. The van der Waals surface area contributed by atoms with Gasteiger partial charge in [0.25, 0.3) is 0 Å². The fourth-order valence-electron chi connectivity index (χ4n) is 3.20. The number of sulfonamides is 1. The number of aryl methyl sites for hydroxylation is 1. The Morgan fingerprint density at radius 3 is 2.68 bits per heavy atom. The van der Waals surface area contributed by atoms with E-state index in [9.17, 15) is 13.2 Å². The number of carbonyl (C=O) groups excluding carboxylic acids is 1. The Morgan fingerprint density at radius 1 is 1.23 bits per heavy atom. The van der Waals surface area contributed by atoms with Crippen molar-refractivity contribution in [3.8, 4) is 5.75 Å². The average molecular weight is 468 g/mol. The molecule has 1 aliphatic heterocycles. The van der Waals surface area contributed by atoms with E-state index in [1.807, 2.05) is 6.92 Å². The second-order valence-corrected chi connectivity index (χ2v) is 9.26. The lowest BCUT2D eigenvalue weighted by molar-refractivity contribution is -0.114. The van der Waals surface area contributed by atoms with Crippen molar-refractivity contribution in [2.45, 2.75) is 18.7 Å². The molecule has 2 N–H and O–H groups in total. The molecule has 0 aromatic heterocycles. The van der Waals surface area contributed by atoms with E-state index < -0.39 is 10.0 Å². The van der Waals surface area contributed by atoms with Gasteiger partial charge in [0, 0.05) is 18.8 Å². The first-order valence-corrected chi connectivity index (χ1v) is 11.8. The second kappa shape index (κ2) is 10.3. The molecule has 10 heteroatoms. The molecule has 1 amide bonds. The Hall–Kier alpha value is -2.33. The van der Waals surface area contributed by atoms with Crippen LogP contribution < -0.4 is 15.4 Å². The zero-order valence-electron chi connectivity index (χ0n) is 17.5. The van der Waals surface area contributed by atoms with Crippen molar-refractivity contribution in [1.82, 2.24) is 4.31 Å². The highest BCUT2D eigenvalue weighted by Gasteiger charge is 2.28. The molecule has 168 valence electrons. The number of nitrogens with one attached hydrogen (secondary N) is 2. The third kappa shape index (κ3) is 5.68. The van der Waals surface area contributed by atoms with Crippen molar-refractivity contribution < 1.29 is 22.7 Å². The Morgan fingerprint density at radius 2 is 1.97 bits per heavy atom. The Labute approximate surface area is 187 Å². The molecular formula is C21H26ClN3O5S. The van der Waals surface area contributed by atoms with E-state index in [1.54, 1.807) is 37.3 Å². The van der Waals surface area contributed by atoms with E-state index in [4.69, 9.17) is 21.1 Å². The number of carbonyl (C=O) groups is 1. The maximum Gasteiger partial charge on any atom is 0.243 e. The topological polar surface area (TPSA) is 97.0 Å². The summed E-state index contributed by atoms with van der Waals surface area (Å²) in [5, 5.41) is 6.19. The number of rotatable bonds is 8. The van der Waals surface area contributed by atoms with Crippen molar-refractivity contribution in [2.75, 3.05) is 50.1 Å². The largest absolute Gasteiger partial charge is 0.490 e. The lowest BCUT2D eigenvalue weighted by Crippen LogP contribution is -2.40. The van der Waals surface area contributed by atoms with Crippen LogP contribution in [-0.4, -0.2) is 58.1 Å². The first-order valence-electron chi connectivity index (χ1n) is 9.96. The Bertz CT molecular complexity index is 1040. The molecule has 0 spiro atoms. The van der Waals surface area contributed by atoms with Gasteiger partial charge in [-0.05, 0) is 43.7 Å². The number of morpholine rings is 1. The molecule has 8 nitrogen and oxygen atoms in total. The smallest absolute Gasteiger partial charge is 0.243 e. The highest BCUT2D eigenvalue weighted by atomic mass is 35.5. The monoisotopic (exact) mass is 467 g/mol. The standard InChI is InChI=1S/C21H26ClN3O5S/c1-3-30-21-17(22)5-4-6-18(21)23-14-20(26)24-16-8-7-15(2)19(13-16)31(27,28)25-9-11-29-12-10-25/h4-8,13,23H,3,9-12,14H2,1-2H3,(H,24,26). The number of nitrogens with zero attached hydrogens (tertiary/aromatic N) is 1. The van der Waals surface area contributed by atoms with Crippen LogP contribution in [0.4, 0.5) is 11.4 Å². The minimum absolute atomic E-state index is 0.0418. The number of amides is 1. The molecule has 0 saturated carbocycles. The first-order chi connectivity index (χ1) is 14.8. The van der Waals surface area contributed by atoms with Crippen molar-refractivity contribution in [3.05, 3.63) is 47.0 Å². The minimum Gasteiger partial charge on any atom is -0.490 e. The van der Waals surface area contributed by atoms with Crippen LogP contribution in [0.15, 0.2) is 41.3 Å². The van der Waals surface area contributed by atoms with Crippen molar-refractivity contribution in [1.29, 1.82) is 0 Å². The lowest BCUT2D eigenvalue weighted by Gasteiger charge is -2.26. The predicted molar refractivity (Wildman–Crippen MR) is 120 cm³/mol. The normalized spacial score (nSPS) is 14.8. The molecule has 0 unspecified atom stereocenters. The van der Waals surface area contributed by atoms with Crippen LogP contribution in [0, 0.1) is 6.92 Å². The maximum atomic E-state index is 13.0. The predicted octanol–water partition coefficient (Wildman–Crippen LogP) is 3.12. The molecule has 1 aliphatic rings. The van der Waals surface area contributed by atoms with Crippen LogP contribution in [0.25, 0.3) is 0 Å². The molecule has 0 radical (unpaired) electrons. The molecule has 1 heterocycles. The fraction of sp³-hybridized carbons (Fsp3) is 0.381. The SMILES string of the molecule is CCOc1c(Cl)cccc1NCC(=O)Nc1ccc(C)c(S(=O)(=O)N2CCOCC2)c1. The van der Waals surface area contributed by atoms with Crippen LogP contribution >= 0.6 is 11.6 Å². The summed E-state index contributed by atoms with van der Waals surface area (Å²) in [6.07, 6.45) is 0. The Balaban J connectivity index is 1.70. The third-order valence-electron chi connectivity index (χ3n) is 4.75. The van der Waals surface area contributed by atoms with Crippen LogP contribution in [-0.2, 0) is 19.6 Å². The van der Waals surface area contributed by atoms with E-state index >= 15 is 0 Å². The zero-order valence-corrected chi connectivity index (χ0v) is 19.1. The molecule has 0 bridgehead atoms. The van der Waals surface area contributed by atoms with Crippen LogP contribution in [0.1, 0.15) is 12.5 Å². The molecule has 3 rings (SSSR count). The summed E-state index contributed by atoms with van der Waals surface area (Å²) in [4.78, 5) is 12.6. The summed E-state index contributed by atoms with van der Waals surface area (Å²) >= 11 is 6.16. The van der Waals surface area contributed by atoms with Gasteiger partial charge in [-0.1, -0.05) is 23.7 Å². The third-order valence-corrected chi connectivity index (χ3v) is 7.09. The van der Waals surface area contributed by atoms with E-state index in [0.29, 0.717) is 60.6 Å². The second-order valence-electron chi connectivity index (χ2n) is 6.95. The summed E-state index contributed by atoms with van der Waals surface area (Å²) in [6.45, 7) is 5.33. The molecular weight excluding hydrogens is 442 g/mol. The van der Waals surface area contributed by atoms with Gasteiger partial charge >= 0.3 is 0 Å². The van der Waals surface area contributed by atoms with Crippen molar-refractivity contribution in [3.63, 3.8) is 0 Å².